The largest absolute Gasteiger partial charge is 0.465 e. The van der Waals surface area contributed by atoms with Crippen LogP contribution in [0.4, 0.5) is 11.4 Å². The van der Waals surface area contributed by atoms with Gasteiger partial charge in [-0.2, -0.15) is 0 Å². The van der Waals surface area contributed by atoms with Crippen LogP contribution in [-0.4, -0.2) is 49.8 Å². The lowest BCUT2D eigenvalue weighted by Crippen LogP contribution is -2.40. The molecule has 0 unspecified atom stereocenters. The number of nitrogens with zero attached hydrogens (tertiary/aromatic N) is 1. The molecule has 0 fully saturated rings. The average molecular weight is 414 g/mol. The standard InChI is InChI=1S/C20H18N2O6S/c1-27-20(26)13-6-2-3-7-14(13)21-17(23)11-28-19(25)10-22-15-8-4-5-9-16(15)29-12-18(22)24/h2-9H,10-12H2,1H3,(H,21,23). The third kappa shape index (κ3) is 4.94. The van der Waals surface area contributed by atoms with Gasteiger partial charge in [-0.05, 0) is 24.3 Å². The number of anilines is 2. The van der Waals surface area contributed by atoms with Crippen LogP contribution >= 0.6 is 11.8 Å². The summed E-state index contributed by atoms with van der Waals surface area (Å²) in [6.45, 7) is -0.838. The molecule has 2 amide bonds. The third-order valence-electron chi connectivity index (χ3n) is 4.07. The Kier molecular flexibility index (Phi) is 6.50. The molecule has 1 aliphatic heterocycles. The van der Waals surface area contributed by atoms with Crippen LogP contribution < -0.4 is 10.2 Å². The molecule has 2 aromatic carbocycles. The highest BCUT2D eigenvalue weighted by molar-refractivity contribution is 8.00. The molecule has 0 spiro atoms. The van der Waals surface area contributed by atoms with Gasteiger partial charge in [0.05, 0.1) is 29.8 Å². The summed E-state index contributed by atoms with van der Waals surface area (Å²) in [6, 6.07) is 13.6. The van der Waals surface area contributed by atoms with Gasteiger partial charge in [0.25, 0.3) is 5.91 Å². The van der Waals surface area contributed by atoms with E-state index in [-0.39, 0.29) is 29.5 Å². The van der Waals surface area contributed by atoms with Gasteiger partial charge in [-0.3, -0.25) is 19.3 Å². The summed E-state index contributed by atoms with van der Waals surface area (Å²) in [5.41, 5.74) is 1.07. The van der Waals surface area contributed by atoms with Crippen molar-refractivity contribution in [2.75, 3.05) is 36.2 Å². The van der Waals surface area contributed by atoms with Crippen LogP contribution in [0.1, 0.15) is 10.4 Å². The molecular weight excluding hydrogens is 396 g/mol. The molecule has 8 nitrogen and oxygen atoms in total. The Balaban J connectivity index is 1.57. The Morgan fingerprint density at radius 2 is 1.83 bits per heavy atom. The fourth-order valence-corrected chi connectivity index (χ4v) is 3.65. The van der Waals surface area contributed by atoms with Crippen LogP contribution in [0.5, 0.6) is 0 Å². The zero-order chi connectivity index (χ0) is 20.8. The minimum atomic E-state index is -0.712. The van der Waals surface area contributed by atoms with Crippen molar-refractivity contribution < 1.29 is 28.7 Å². The number of ether oxygens (including phenoxy) is 2. The van der Waals surface area contributed by atoms with Gasteiger partial charge in [0, 0.05) is 4.90 Å². The van der Waals surface area contributed by atoms with Crippen molar-refractivity contribution in [1.29, 1.82) is 0 Å². The van der Waals surface area contributed by atoms with Gasteiger partial charge >= 0.3 is 11.9 Å². The van der Waals surface area contributed by atoms with Crippen molar-refractivity contribution in [2.45, 2.75) is 4.90 Å². The van der Waals surface area contributed by atoms with Crippen molar-refractivity contribution in [1.82, 2.24) is 0 Å². The van der Waals surface area contributed by atoms with Gasteiger partial charge in [0.1, 0.15) is 6.54 Å². The number of carbonyl (C=O) groups excluding carboxylic acids is 4. The lowest BCUT2D eigenvalue weighted by molar-refractivity contribution is -0.146. The Hall–Kier alpha value is -3.33. The predicted octanol–water partition coefficient (Wildman–Crippen LogP) is 2.09. The van der Waals surface area contributed by atoms with Gasteiger partial charge in [-0.15, -0.1) is 11.8 Å². The second-order valence-corrected chi connectivity index (χ2v) is 7.00. The topological polar surface area (TPSA) is 102 Å². The Bertz CT molecular complexity index is 961. The molecular formula is C20H18N2O6S. The fraction of sp³-hybridized carbons (Fsp3) is 0.200. The third-order valence-corrected chi connectivity index (χ3v) is 5.11. The summed E-state index contributed by atoms with van der Waals surface area (Å²) < 4.78 is 9.67. The van der Waals surface area contributed by atoms with Crippen LogP contribution in [0.25, 0.3) is 0 Å². The molecule has 0 bridgehead atoms. The van der Waals surface area contributed by atoms with E-state index < -0.39 is 24.5 Å². The van der Waals surface area contributed by atoms with E-state index in [4.69, 9.17) is 4.74 Å². The highest BCUT2D eigenvalue weighted by Gasteiger charge is 2.27. The van der Waals surface area contributed by atoms with Crippen molar-refractivity contribution in [2.24, 2.45) is 0 Å². The van der Waals surface area contributed by atoms with Gasteiger partial charge in [-0.1, -0.05) is 24.3 Å². The second kappa shape index (κ2) is 9.24. The first kappa shape index (κ1) is 20.4. The maximum Gasteiger partial charge on any atom is 0.339 e. The molecule has 1 heterocycles. The molecule has 0 saturated heterocycles. The van der Waals surface area contributed by atoms with Crippen LogP contribution in [0.2, 0.25) is 0 Å². The maximum absolute atomic E-state index is 12.2. The lowest BCUT2D eigenvalue weighted by atomic mass is 10.2. The number of hydrogen-bond donors (Lipinski definition) is 1. The minimum absolute atomic E-state index is 0.183. The van der Waals surface area contributed by atoms with Crippen LogP contribution in [0, 0.1) is 0 Å². The Morgan fingerprint density at radius 1 is 1.10 bits per heavy atom. The van der Waals surface area contributed by atoms with Crippen molar-refractivity contribution in [3.05, 3.63) is 54.1 Å². The summed E-state index contributed by atoms with van der Waals surface area (Å²) in [4.78, 5) is 50.4. The van der Waals surface area contributed by atoms with Crippen LogP contribution in [0.15, 0.2) is 53.4 Å². The van der Waals surface area contributed by atoms with Gasteiger partial charge < -0.3 is 14.8 Å². The maximum atomic E-state index is 12.2. The van der Waals surface area contributed by atoms with E-state index in [0.717, 1.165) is 4.90 Å². The summed E-state index contributed by atoms with van der Waals surface area (Å²) in [5.74, 6) is -1.90. The van der Waals surface area contributed by atoms with E-state index in [0.29, 0.717) is 5.69 Å². The number of amides is 2. The SMILES string of the molecule is COC(=O)c1ccccc1NC(=O)COC(=O)CN1C(=O)CSc2ccccc21. The molecule has 0 atom stereocenters. The number of fused-ring (bicyclic) bond motifs is 1. The van der Waals surface area contributed by atoms with Gasteiger partial charge in [0.15, 0.2) is 6.61 Å². The first-order valence-electron chi connectivity index (χ1n) is 8.64. The second-order valence-electron chi connectivity index (χ2n) is 5.98. The van der Waals surface area contributed by atoms with Crippen LogP contribution in [0.3, 0.4) is 0 Å². The molecule has 2 aromatic rings. The molecule has 3 rings (SSSR count). The molecule has 0 radical (unpaired) electrons. The van der Waals surface area contributed by atoms with Gasteiger partial charge in [0.2, 0.25) is 5.91 Å². The number of rotatable bonds is 6. The van der Waals surface area contributed by atoms with Crippen LogP contribution in [-0.2, 0) is 23.9 Å². The molecule has 0 aliphatic carbocycles. The number of nitrogens with one attached hydrogen (secondary N) is 1. The Labute approximate surface area is 171 Å². The number of carbonyl (C=O) groups is 4. The fourth-order valence-electron chi connectivity index (χ4n) is 2.71. The number of hydrogen-bond acceptors (Lipinski definition) is 7. The normalized spacial score (nSPS) is 12.7. The van der Waals surface area contributed by atoms with E-state index in [1.165, 1.54) is 35.9 Å². The first-order valence-corrected chi connectivity index (χ1v) is 9.63. The lowest BCUT2D eigenvalue weighted by Gasteiger charge is -2.27. The van der Waals surface area contributed by atoms with E-state index in [2.05, 4.69) is 10.1 Å². The van der Waals surface area contributed by atoms with E-state index in [9.17, 15) is 19.2 Å². The van der Waals surface area contributed by atoms with Crippen molar-refractivity contribution in [3.63, 3.8) is 0 Å². The van der Waals surface area contributed by atoms with E-state index in [1.54, 1.807) is 24.3 Å². The quantitative estimate of drug-likeness (QED) is 0.722. The molecule has 1 N–H and O–H groups in total. The molecule has 0 saturated carbocycles. The number of para-hydroxylation sites is 2. The smallest absolute Gasteiger partial charge is 0.339 e. The predicted molar refractivity (Wildman–Crippen MR) is 107 cm³/mol. The highest BCUT2D eigenvalue weighted by atomic mass is 32.2. The van der Waals surface area contributed by atoms with E-state index in [1.807, 2.05) is 12.1 Å². The van der Waals surface area contributed by atoms with Crippen molar-refractivity contribution >= 4 is 46.9 Å². The minimum Gasteiger partial charge on any atom is -0.465 e. The van der Waals surface area contributed by atoms with Gasteiger partial charge in [-0.25, -0.2) is 4.79 Å². The zero-order valence-corrected chi connectivity index (χ0v) is 16.4. The summed E-state index contributed by atoms with van der Waals surface area (Å²) in [5, 5.41) is 2.51. The zero-order valence-electron chi connectivity index (χ0n) is 15.5. The Morgan fingerprint density at radius 3 is 2.62 bits per heavy atom. The molecule has 29 heavy (non-hydrogen) atoms. The van der Waals surface area contributed by atoms with Crippen molar-refractivity contribution in [3.8, 4) is 0 Å². The molecule has 9 heteroatoms. The first-order chi connectivity index (χ1) is 14.0. The number of methoxy groups -OCH3 is 1. The highest BCUT2D eigenvalue weighted by Crippen LogP contribution is 2.34. The molecule has 0 aromatic heterocycles. The number of benzene rings is 2. The number of thioether (sulfide) groups is 1. The summed E-state index contributed by atoms with van der Waals surface area (Å²) in [6.07, 6.45) is 0. The average Bonchev–Trinajstić information content (AvgIpc) is 2.74. The molecule has 150 valence electrons. The molecule has 1 aliphatic rings. The monoisotopic (exact) mass is 414 g/mol. The van der Waals surface area contributed by atoms with E-state index >= 15 is 0 Å². The number of esters is 2. The summed E-state index contributed by atoms with van der Waals surface area (Å²) >= 11 is 1.41. The summed E-state index contributed by atoms with van der Waals surface area (Å²) in [7, 11) is 1.24.